The highest BCUT2D eigenvalue weighted by molar-refractivity contribution is 14.1. The number of pyridine rings is 1. The summed E-state index contributed by atoms with van der Waals surface area (Å²) in [5, 5.41) is 4.55. The third-order valence-corrected chi connectivity index (χ3v) is 4.91. The molecule has 0 aromatic carbocycles. The van der Waals surface area contributed by atoms with Gasteiger partial charge in [0.25, 0.3) is 5.56 Å². The minimum atomic E-state index is -0.235. The minimum absolute atomic E-state index is 0.235. The van der Waals surface area contributed by atoms with E-state index in [1.54, 1.807) is 18.0 Å². The molecule has 0 aliphatic carbocycles. The zero-order valence-electron chi connectivity index (χ0n) is 16.3. The number of aromatic nitrogens is 5. The SMILES string of the molecule is CCCCOc1ncc(I)cc1-c1nc2c(CC)nn(CCOC)c2c(=O)[nH]1. The van der Waals surface area contributed by atoms with Crippen molar-refractivity contribution in [3.63, 3.8) is 0 Å². The third-order valence-electron chi connectivity index (χ3n) is 4.32. The van der Waals surface area contributed by atoms with E-state index < -0.39 is 0 Å². The number of hydrogen-bond acceptors (Lipinski definition) is 6. The molecule has 0 saturated heterocycles. The first-order chi connectivity index (χ1) is 13.6. The van der Waals surface area contributed by atoms with Crippen molar-refractivity contribution in [1.82, 2.24) is 24.7 Å². The number of nitrogens with zero attached hydrogens (tertiary/aromatic N) is 4. The minimum Gasteiger partial charge on any atom is -0.477 e. The fraction of sp³-hybridized carbons (Fsp3) is 0.474. The van der Waals surface area contributed by atoms with Crippen molar-refractivity contribution in [2.45, 2.75) is 39.7 Å². The van der Waals surface area contributed by atoms with Crippen molar-refractivity contribution in [3.8, 4) is 17.3 Å². The molecule has 1 N–H and O–H groups in total. The Kier molecular flexibility index (Phi) is 7.00. The summed E-state index contributed by atoms with van der Waals surface area (Å²) in [5.74, 6) is 0.914. The molecule has 150 valence electrons. The molecule has 9 heteroatoms. The van der Waals surface area contributed by atoms with E-state index in [4.69, 9.17) is 14.5 Å². The van der Waals surface area contributed by atoms with Gasteiger partial charge in [0, 0.05) is 16.9 Å². The van der Waals surface area contributed by atoms with Crippen molar-refractivity contribution in [2.24, 2.45) is 0 Å². The number of rotatable bonds is 9. The Bertz CT molecular complexity index is 1010. The van der Waals surface area contributed by atoms with E-state index in [0.29, 0.717) is 54.5 Å². The number of aryl methyl sites for hydroxylation is 1. The number of hydrogen-bond donors (Lipinski definition) is 1. The molecule has 3 heterocycles. The molecule has 0 spiro atoms. The molecule has 3 rings (SSSR count). The Morgan fingerprint density at radius 3 is 2.82 bits per heavy atom. The van der Waals surface area contributed by atoms with E-state index in [-0.39, 0.29) is 5.56 Å². The summed E-state index contributed by atoms with van der Waals surface area (Å²) in [6.45, 7) is 5.63. The van der Waals surface area contributed by atoms with Gasteiger partial charge >= 0.3 is 0 Å². The normalized spacial score (nSPS) is 11.3. The lowest BCUT2D eigenvalue weighted by Gasteiger charge is -2.10. The summed E-state index contributed by atoms with van der Waals surface area (Å²) in [6.07, 6.45) is 4.38. The lowest BCUT2D eigenvalue weighted by Crippen LogP contribution is -2.16. The second-order valence-electron chi connectivity index (χ2n) is 6.34. The quantitative estimate of drug-likeness (QED) is 0.361. The Morgan fingerprint density at radius 1 is 1.29 bits per heavy atom. The van der Waals surface area contributed by atoms with Gasteiger partial charge in [-0.05, 0) is 41.5 Å². The molecule has 0 saturated carbocycles. The van der Waals surface area contributed by atoms with Crippen LogP contribution in [0.15, 0.2) is 17.1 Å². The molecule has 0 aliphatic rings. The fourth-order valence-electron chi connectivity index (χ4n) is 2.88. The summed E-state index contributed by atoms with van der Waals surface area (Å²) >= 11 is 2.19. The standard InChI is InChI=1S/C19H24IN5O3/c1-4-6-8-28-19-13(10-12(20)11-21-19)17-22-15-14(5-2)24-25(7-9-27-3)16(15)18(26)23-17/h10-11H,4-9H2,1-3H3,(H,22,23,26). The Morgan fingerprint density at radius 2 is 2.11 bits per heavy atom. The predicted octanol–water partition coefficient (Wildman–Crippen LogP) is 3.17. The van der Waals surface area contributed by atoms with E-state index in [1.165, 1.54) is 0 Å². The Hall–Kier alpha value is -2.01. The number of halogens is 1. The van der Waals surface area contributed by atoms with Gasteiger partial charge in [-0.2, -0.15) is 5.10 Å². The van der Waals surface area contributed by atoms with E-state index in [1.807, 2.05) is 13.0 Å². The van der Waals surface area contributed by atoms with Gasteiger partial charge < -0.3 is 14.5 Å². The monoisotopic (exact) mass is 497 g/mol. The highest BCUT2D eigenvalue weighted by Gasteiger charge is 2.19. The molecule has 3 aromatic heterocycles. The Labute approximate surface area is 176 Å². The highest BCUT2D eigenvalue weighted by Crippen LogP contribution is 2.28. The van der Waals surface area contributed by atoms with Gasteiger partial charge in [-0.1, -0.05) is 20.3 Å². The number of nitrogens with one attached hydrogen (secondary N) is 1. The zero-order valence-corrected chi connectivity index (χ0v) is 18.4. The molecule has 3 aromatic rings. The summed E-state index contributed by atoms with van der Waals surface area (Å²) in [6, 6.07) is 1.92. The number of fused-ring (bicyclic) bond motifs is 1. The van der Waals surface area contributed by atoms with Crippen LogP contribution < -0.4 is 10.3 Å². The maximum Gasteiger partial charge on any atom is 0.277 e. The smallest absolute Gasteiger partial charge is 0.277 e. The topological polar surface area (TPSA) is 94.9 Å². The van der Waals surface area contributed by atoms with Crippen LogP contribution in [0.5, 0.6) is 5.88 Å². The molecule has 0 fully saturated rings. The second-order valence-corrected chi connectivity index (χ2v) is 7.58. The van der Waals surface area contributed by atoms with Gasteiger partial charge in [0.1, 0.15) is 11.3 Å². The summed E-state index contributed by atoms with van der Waals surface area (Å²) in [7, 11) is 1.62. The van der Waals surface area contributed by atoms with Gasteiger partial charge in [-0.3, -0.25) is 9.48 Å². The average Bonchev–Trinajstić information content (AvgIpc) is 3.05. The van der Waals surface area contributed by atoms with E-state index in [2.05, 4.69) is 44.6 Å². The van der Waals surface area contributed by atoms with Gasteiger partial charge in [0.2, 0.25) is 5.88 Å². The summed E-state index contributed by atoms with van der Waals surface area (Å²) < 4.78 is 13.6. The second kappa shape index (κ2) is 9.46. The fourth-order valence-corrected chi connectivity index (χ4v) is 3.33. The van der Waals surface area contributed by atoms with Gasteiger partial charge in [0.05, 0.1) is 31.0 Å². The third kappa shape index (κ3) is 4.35. The van der Waals surface area contributed by atoms with Crippen molar-refractivity contribution in [2.75, 3.05) is 20.3 Å². The van der Waals surface area contributed by atoms with Crippen LogP contribution in [0.4, 0.5) is 0 Å². The van der Waals surface area contributed by atoms with Crippen LogP contribution in [0, 0.1) is 3.57 Å². The van der Waals surface area contributed by atoms with Gasteiger partial charge in [-0.25, -0.2) is 9.97 Å². The van der Waals surface area contributed by atoms with Crippen LogP contribution >= 0.6 is 22.6 Å². The van der Waals surface area contributed by atoms with Gasteiger partial charge in [-0.15, -0.1) is 0 Å². The lowest BCUT2D eigenvalue weighted by molar-refractivity contribution is 0.184. The highest BCUT2D eigenvalue weighted by atomic mass is 127. The molecule has 0 aliphatic heterocycles. The summed E-state index contributed by atoms with van der Waals surface area (Å²) in [4.78, 5) is 24.9. The molecule has 0 amide bonds. The van der Waals surface area contributed by atoms with Crippen LogP contribution in [0.1, 0.15) is 32.4 Å². The molecular formula is C19H24IN5O3. The van der Waals surface area contributed by atoms with Crippen LogP contribution in [0.25, 0.3) is 22.4 Å². The first kappa shape index (κ1) is 20.7. The van der Waals surface area contributed by atoms with Crippen LogP contribution in [0.2, 0.25) is 0 Å². The molecule has 0 radical (unpaired) electrons. The van der Waals surface area contributed by atoms with Gasteiger partial charge in [0.15, 0.2) is 5.52 Å². The van der Waals surface area contributed by atoms with E-state index in [9.17, 15) is 4.79 Å². The molecule has 0 atom stereocenters. The zero-order chi connectivity index (χ0) is 20.1. The number of H-pyrrole nitrogens is 1. The molecular weight excluding hydrogens is 473 g/mol. The van der Waals surface area contributed by atoms with Crippen molar-refractivity contribution in [1.29, 1.82) is 0 Å². The molecule has 28 heavy (non-hydrogen) atoms. The number of ether oxygens (including phenoxy) is 2. The van der Waals surface area contributed by atoms with Crippen LogP contribution in [-0.2, 0) is 17.7 Å². The van der Waals surface area contributed by atoms with Crippen LogP contribution in [0.3, 0.4) is 0 Å². The average molecular weight is 497 g/mol. The molecule has 8 nitrogen and oxygen atoms in total. The summed E-state index contributed by atoms with van der Waals surface area (Å²) in [5.41, 5.74) is 2.29. The number of aromatic amines is 1. The number of methoxy groups -OCH3 is 1. The van der Waals surface area contributed by atoms with E-state index >= 15 is 0 Å². The first-order valence-corrected chi connectivity index (χ1v) is 10.4. The Balaban J connectivity index is 2.12. The predicted molar refractivity (Wildman–Crippen MR) is 116 cm³/mol. The van der Waals surface area contributed by atoms with E-state index in [0.717, 1.165) is 22.1 Å². The lowest BCUT2D eigenvalue weighted by atomic mass is 10.2. The van der Waals surface area contributed by atoms with Crippen molar-refractivity contribution >= 4 is 33.6 Å². The largest absolute Gasteiger partial charge is 0.477 e. The maximum atomic E-state index is 12.9. The van der Waals surface area contributed by atoms with Crippen molar-refractivity contribution < 1.29 is 9.47 Å². The maximum absolute atomic E-state index is 12.9. The molecule has 0 bridgehead atoms. The van der Waals surface area contributed by atoms with Crippen molar-refractivity contribution in [3.05, 3.63) is 31.9 Å². The first-order valence-electron chi connectivity index (χ1n) is 9.36. The molecule has 0 unspecified atom stereocenters. The van der Waals surface area contributed by atoms with Crippen LogP contribution in [-0.4, -0.2) is 45.1 Å². The number of unbranched alkanes of at least 4 members (excludes halogenated alkanes) is 1.